The molecule has 0 unspecified atom stereocenters. The summed E-state index contributed by atoms with van der Waals surface area (Å²) in [4.78, 5) is 16.9. The zero-order valence-electron chi connectivity index (χ0n) is 14.8. The zero-order chi connectivity index (χ0) is 17.8. The second-order valence-corrected chi connectivity index (χ2v) is 6.98. The molecule has 5 heteroatoms. The maximum Gasteiger partial charge on any atom is 0.238 e. The minimum atomic E-state index is 0.0462. The minimum absolute atomic E-state index is 0.0462. The zero-order valence-corrected chi connectivity index (χ0v) is 15.5. The highest BCUT2D eigenvalue weighted by atomic mass is 35.5. The van der Waals surface area contributed by atoms with E-state index in [1.54, 1.807) is 0 Å². The Hall–Kier alpha value is -2.04. The number of nitrogens with zero attached hydrogens (tertiary/aromatic N) is 2. The topological polar surface area (TPSA) is 35.6 Å². The fourth-order valence-corrected chi connectivity index (χ4v) is 3.30. The van der Waals surface area contributed by atoms with E-state index in [0.29, 0.717) is 6.54 Å². The van der Waals surface area contributed by atoms with Gasteiger partial charge in [-0.2, -0.15) is 0 Å². The number of amides is 1. The Morgan fingerprint density at radius 3 is 2.52 bits per heavy atom. The number of benzene rings is 2. The molecule has 3 rings (SSSR count). The van der Waals surface area contributed by atoms with Gasteiger partial charge in [0, 0.05) is 42.6 Å². The third-order valence-electron chi connectivity index (χ3n) is 4.79. The molecule has 2 aromatic carbocycles. The van der Waals surface area contributed by atoms with E-state index in [2.05, 4.69) is 34.2 Å². The van der Waals surface area contributed by atoms with Gasteiger partial charge in [-0.25, -0.2) is 0 Å². The number of nitrogens with one attached hydrogen (secondary N) is 1. The molecule has 4 nitrogen and oxygen atoms in total. The highest BCUT2D eigenvalue weighted by molar-refractivity contribution is 6.30. The van der Waals surface area contributed by atoms with Gasteiger partial charge in [0.1, 0.15) is 0 Å². The first-order chi connectivity index (χ1) is 12.0. The highest BCUT2D eigenvalue weighted by Crippen LogP contribution is 2.21. The molecule has 2 aromatic rings. The molecule has 0 aromatic heterocycles. The summed E-state index contributed by atoms with van der Waals surface area (Å²) in [5.74, 6) is 0.0462. The normalized spacial score (nSPS) is 15.2. The second kappa shape index (κ2) is 7.89. The van der Waals surface area contributed by atoms with Crippen LogP contribution in [0.5, 0.6) is 0 Å². The molecule has 1 saturated heterocycles. The Morgan fingerprint density at radius 1 is 1.08 bits per heavy atom. The van der Waals surface area contributed by atoms with E-state index in [1.165, 1.54) is 5.56 Å². The Morgan fingerprint density at radius 2 is 1.80 bits per heavy atom. The number of rotatable bonds is 4. The summed E-state index contributed by atoms with van der Waals surface area (Å²) in [5.41, 5.74) is 4.36. The molecule has 1 N–H and O–H groups in total. The van der Waals surface area contributed by atoms with Crippen LogP contribution in [0.4, 0.5) is 11.4 Å². The second-order valence-electron chi connectivity index (χ2n) is 6.54. The third kappa shape index (κ3) is 4.53. The molecular weight excluding hydrogens is 334 g/mol. The van der Waals surface area contributed by atoms with E-state index < -0.39 is 0 Å². The van der Waals surface area contributed by atoms with E-state index in [4.69, 9.17) is 11.6 Å². The first-order valence-corrected chi connectivity index (χ1v) is 8.99. The number of carbonyl (C=O) groups is 1. The van der Waals surface area contributed by atoms with Crippen LogP contribution in [0.3, 0.4) is 0 Å². The van der Waals surface area contributed by atoms with Crippen LogP contribution in [0.15, 0.2) is 42.5 Å². The van der Waals surface area contributed by atoms with Crippen LogP contribution in [0.1, 0.15) is 11.1 Å². The van der Waals surface area contributed by atoms with Crippen molar-refractivity contribution in [1.82, 2.24) is 4.90 Å². The molecule has 1 heterocycles. The van der Waals surface area contributed by atoms with Crippen molar-refractivity contribution in [2.75, 3.05) is 42.9 Å². The van der Waals surface area contributed by atoms with Crippen LogP contribution in [-0.4, -0.2) is 43.5 Å². The van der Waals surface area contributed by atoms with Crippen LogP contribution in [0, 0.1) is 13.8 Å². The molecule has 1 fully saturated rings. The van der Waals surface area contributed by atoms with Gasteiger partial charge >= 0.3 is 0 Å². The molecular formula is C20H24ClN3O. The summed E-state index contributed by atoms with van der Waals surface area (Å²) in [6.07, 6.45) is 0. The quantitative estimate of drug-likeness (QED) is 0.905. The average molecular weight is 358 g/mol. The van der Waals surface area contributed by atoms with Crippen LogP contribution in [0.25, 0.3) is 0 Å². The number of aryl methyl sites for hydroxylation is 1. The standard InChI is InChI=1S/C20H24ClN3O/c1-15-5-3-8-19(16(15)2)22-20(25)14-23-9-11-24(12-10-23)18-7-4-6-17(21)13-18/h3-8,13H,9-12,14H2,1-2H3,(H,22,25). The predicted molar refractivity (Wildman–Crippen MR) is 105 cm³/mol. The van der Waals surface area contributed by atoms with E-state index in [-0.39, 0.29) is 5.91 Å². The number of piperazine rings is 1. The van der Waals surface area contributed by atoms with E-state index in [1.807, 2.05) is 37.3 Å². The van der Waals surface area contributed by atoms with E-state index in [9.17, 15) is 4.79 Å². The highest BCUT2D eigenvalue weighted by Gasteiger charge is 2.19. The van der Waals surface area contributed by atoms with E-state index >= 15 is 0 Å². The van der Waals surface area contributed by atoms with Crippen molar-refractivity contribution in [2.45, 2.75) is 13.8 Å². The van der Waals surface area contributed by atoms with Crippen molar-refractivity contribution >= 4 is 28.9 Å². The van der Waals surface area contributed by atoms with Gasteiger partial charge in [-0.15, -0.1) is 0 Å². The molecule has 0 saturated carbocycles. The summed E-state index contributed by atoms with van der Waals surface area (Å²) < 4.78 is 0. The monoisotopic (exact) mass is 357 g/mol. The number of anilines is 2. The van der Waals surface area contributed by atoms with Gasteiger partial charge in [0.15, 0.2) is 0 Å². The third-order valence-corrected chi connectivity index (χ3v) is 5.03. The Kier molecular flexibility index (Phi) is 5.61. The lowest BCUT2D eigenvalue weighted by atomic mass is 10.1. The first kappa shape index (κ1) is 17.8. The van der Waals surface area contributed by atoms with Gasteiger partial charge < -0.3 is 10.2 Å². The molecule has 132 valence electrons. The van der Waals surface area contributed by atoms with Gasteiger partial charge in [0.2, 0.25) is 5.91 Å². The van der Waals surface area contributed by atoms with Crippen molar-refractivity contribution < 1.29 is 4.79 Å². The molecule has 25 heavy (non-hydrogen) atoms. The first-order valence-electron chi connectivity index (χ1n) is 8.62. The lowest BCUT2D eigenvalue weighted by Gasteiger charge is -2.35. The van der Waals surface area contributed by atoms with Gasteiger partial charge in [0.25, 0.3) is 0 Å². The molecule has 1 aliphatic heterocycles. The predicted octanol–water partition coefficient (Wildman–Crippen LogP) is 3.72. The van der Waals surface area contributed by atoms with E-state index in [0.717, 1.165) is 48.1 Å². The molecule has 0 bridgehead atoms. The van der Waals surface area contributed by atoms with Crippen LogP contribution < -0.4 is 10.2 Å². The van der Waals surface area contributed by atoms with Crippen molar-refractivity contribution in [3.8, 4) is 0 Å². The smallest absolute Gasteiger partial charge is 0.238 e. The minimum Gasteiger partial charge on any atom is -0.369 e. The van der Waals surface area contributed by atoms with Crippen LogP contribution >= 0.6 is 11.6 Å². The van der Waals surface area contributed by atoms with Crippen LogP contribution in [-0.2, 0) is 4.79 Å². The van der Waals surface area contributed by atoms with Crippen molar-refractivity contribution in [3.05, 3.63) is 58.6 Å². The lowest BCUT2D eigenvalue weighted by Crippen LogP contribution is -2.48. The Bertz CT molecular complexity index is 754. The Labute approximate surface area is 154 Å². The fourth-order valence-electron chi connectivity index (χ4n) is 3.12. The number of hydrogen-bond donors (Lipinski definition) is 1. The van der Waals surface area contributed by atoms with Crippen LogP contribution in [0.2, 0.25) is 5.02 Å². The van der Waals surface area contributed by atoms with Gasteiger partial charge in [-0.1, -0.05) is 29.8 Å². The molecule has 0 spiro atoms. The van der Waals surface area contributed by atoms with Gasteiger partial charge in [0.05, 0.1) is 6.54 Å². The molecule has 1 aliphatic rings. The number of hydrogen-bond acceptors (Lipinski definition) is 3. The largest absolute Gasteiger partial charge is 0.369 e. The van der Waals surface area contributed by atoms with Crippen molar-refractivity contribution in [1.29, 1.82) is 0 Å². The lowest BCUT2D eigenvalue weighted by molar-refractivity contribution is -0.117. The van der Waals surface area contributed by atoms with Gasteiger partial charge in [-0.05, 0) is 49.2 Å². The number of carbonyl (C=O) groups excluding carboxylic acids is 1. The molecule has 0 radical (unpaired) electrons. The fraction of sp³-hybridized carbons (Fsp3) is 0.350. The SMILES string of the molecule is Cc1cccc(NC(=O)CN2CCN(c3cccc(Cl)c3)CC2)c1C. The van der Waals surface area contributed by atoms with Gasteiger partial charge in [-0.3, -0.25) is 9.69 Å². The molecule has 0 atom stereocenters. The Balaban J connectivity index is 1.52. The maximum atomic E-state index is 12.4. The molecule has 0 aliphatic carbocycles. The number of halogens is 1. The average Bonchev–Trinajstić information content (AvgIpc) is 2.60. The summed E-state index contributed by atoms with van der Waals surface area (Å²) in [7, 11) is 0. The summed E-state index contributed by atoms with van der Waals surface area (Å²) in [6.45, 7) is 8.05. The summed E-state index contributed by atoms with van der Waals surface area (Å²) >= 11 is 6.07. The maximum absolute atomic E-state index is 12.4. The summed E-state index contributed by atoms with van der Waals surface area (Å²) in [5, 5.41) is 3.79. The molecule has 1 amide bonds. The van der Waals surface area contributed by atoms with Crippen molar-refractivity contribution in [3.63, 3.8) is 0 Å². The van der Waals surface area contributed by atoms with Crippen molar-refractivity contribution in [2.24, 2.45) is 0 Å². The summed E-state index contributed by atoms with van der Waals surface area (Å²) in [6, 6.07) is 13.9.